The van der Waals surface area contributed by atoms with Gasteiger partial charge in [-0.15, -0.1) is 12.6 Å². The third-order valence-corrected chi connectivity index (χ3v) is 1.85. The normalized spacial score (nSPS) is 9.55. The zero-order valence-corrected chi connectivity index (χ0v) is 9.10. The van der Waals surface area contributed by atoms with E-state index in [0.717, 1.165) is 15.8 Å². The van der Waals surface area contributed by atoms with Crippen molar-refractivity contribution in [1.29, 1.82) is 0 Å². The minimum absolute atomic E-state index is 0. The molecule has 1 N–H and O–H groups in total. The molecule has 1 aromatic carbocycles. The first kappa shape index (κ1) is 9.13. The molecular weight excluding hydrogens is 167 g/mol. The van der Waals surface area contributed by atoms with Gasteiger partial charge >= 0.3 is 29.6 Å². The molecule has 0 unspecified atom stereocenters. The van der Waals surface area contributed by atoms with Crippen molar-refractivity contribution in [2.24, 2.45) is 0 Å². The molecule has 1 aromatic heterocycles. The summed E-state index contributed by atoms with van der Waals surface area (Å²) in [7, 11) is 0. The van der Waals surface area contributed by atoms with Gasteiger partial charge in [0.15, 0.2) is 0 Å². The molecular formula is C7H7N2NaS. The fourth-order valence-electron chi connectivity index (χ4n) is 0.953. The van der Waals surface area contributed by atoms with E-state index in [2.05, 4.69) is 22.8 Å². The number of benzene rings is 1. The van der Waals surface area contributed by atoms with Crippen LogP contribution in [0.3, 0.4) is 0 Å². The van der Waals surface area contributed by atoms with Crippen LogP contribution in [-0.4, -0.2) is 10.2 Å². The Labute approximate surface area is 93.6 Å². The van der Waals surface area contributed by atoms with Gasteiger partial charge in [-0.3, -0.25) is 5.10 Å². The summed E-state index contributed by atoms with van der Waals surface area (Å²) in [5, 5.41) is 7.82. The van der Waals surface area contributed by atoms with Gasteiger partial charge in [-0.2, -0.15) is 5.10 Å². The molecule has 2 rings (SSSR count). The molecule has 2 nitrogen and oxygen atoms in total. The molecule has 11 heavy (non-hydrogen) atoms. The number of aromatic amines is 1. The number of nitrogens with one attached hydrogen (secondary N) is 1. The number of hydrogen-bond donors (Lipinski definition) is 2. The van der Waals surface area contributed by atoms with Crippen LogP contribution in [0.4, 0.5) is 0 Å². The third kappa shape index (κ3) is 1.62. The maximum atomic E-state index is 4.26. The third-order valence-electron chi connectivity index (χ3n) is 1.46. The molecule has 0 bridgehead atoms. The van der Waals surface area contributed by atoms with Crippen molar-refractivity contribution in [1.82, 2.24) is 10.2 Å². The van der Waals surface area contributed by atoms with Crippen molar-refractivity contribution in [2.45, 2.75) is 4.90 Å². The first-order chi connectivity index (χ1) is 4.88. The summed E-state index contributed by atoms with van der Waals surface area (Å²) in [5.41, 5.74) is 1.03. The number of aromatic nitrogens is 2. The van der Waals surface area contributed by atoms with Crippen molar-refractivity contribution in [3.8, 4) is 0 Å². The first-order valence-corrected chi connectivity index (χ1v) is 3.44. The fraction of sp³-hybridized carbons (Fsp3) is 0. The van der Waals surface area contributed by atoms with Crippen molar-refractivity contribution >= 4 is 23.5 Å². The molecule has 0 amide bonds. The van der Waals surface area contributed by atoms with Crippen LogP contribution in [0.25, 0.3) is 10.9 Å². The molecule has 0 radical (unpaired) electrons. The first-order valence-electron chi connectivity index (χ1n) is 2.99. The number of hydrogen-bond acceptors (Lipinski definition) is 2. The number of nitrogens with zero attached hydrogens (tertiary/aromatic N) is 1. The van der Waals surface area contributed by atoms with Gasteiger partial charge in [0.2, 0.25) is 0 Å². The van der Waals surface area contributed by atoms with Gasteiger partial charge in [0.1, 0.15) is 0 Å². The largest absolute Gasteiger partial charge is 1.00 e. The van der Waals surface area contributed by atoms with Gasteiger partial charge in [-0.1, -0.05) is 6.07 Å². The molecule has 0 aliphatic heterocycles. The second kappa shape index (κ2) is 3.63. The van der Waals surface area contributed by atoms with Crippen LogP contribution in [0.15, 0.2) is 29.3 Å². The Morgan fingerprint density at radius 1 is 1.45 bits per heavy atom. The zero-order valence-electron chi connectivity index (χ0n) is 7.20. The van der Waals surface area contributed by atoms with E-state index in [0.29, 0.717) is 0 Å². The Balaban J connectivity index is 0.000000605. The van der Waals surface area contributed by atoms with Crippen LogP contribution in [0.1, 0.15) is 1.43 Å². The second-order valence-electron chi connectivity index (χ2n) is 2.11. The van der Waals surface area contributed by atoms with Crippen LogP contribution in [0.5, 0.6) is 0 Å². The second-order valence-corrected chi connectivity index (χ2v) is 2.59. The summed E-state index contributed by atoms with van der Waals surface area (Å²) in [4.78, 5) is 0.964. The van der Waals surface area contributed by atoms with Crippen molar-refractivity contribution in [3.63, 3.8) is 0 Å². The van der Waals surface area contributed by atoms with Crippen LogP contribution < -0.4 is 29.6 Å². The maximum absolute atomic E-state index is 4.26. The van der Waals surface area contributed by atoms with Crippen molar-refractivity contribution in [3.05, 3.63) is 24.4 Å². The number of fused-ring (bicyclic) bond motifs is 1. The molecule has 0 aliphatic rings. The Morgan fingerprint density at radius 3 is 3.00 bits per heavy atom. The molecule has 52 valence electrons. The predicted octanol–water partition coefficient (Wildman–Crippen LogP) is -1.03. The van der Waals surface area contributed by atoms with Crippen LogP contribution in [0.2, 0.25) is 0 Å². The van der Waals surface area contributed by atoms with E-state index in [1.165, 1.54) is 0 Å². The maximum Gasteiger partial charge on any atom is 1.00 e. The SMILES string of the molecule is Sc1cccc2[nH]ncc12.[H-].[Na+]. The topological polar surface area (TPSA) is 28.7 Å². The van der Waals surface area contributed by atoms with E-state index >= 15 is 0 Å². The molecule has 0 atom stereocenters. The smallest absolute Gasteiger partial charge is 1.00 e. The molecule has 0 spiro atoms. The molecule has 1 heterocycles. The van der Waals surface area contributed by atoms with Crippen LogP contribution in [-0.2, 0) is 0 Å². The Kier molecular flexibility index (Phi) is 3.01. The molecule has 0 saturated heterocycles. The van der Waals surface area contributed by atoms with Gasteiger partial charge in [-0.25, -0.2) is 0 Å². The van der Waals surface area contributed by atoms with Gasteiger partial charge in [0.25, 0.3) is 0 Å². The van der Waals surface area contributed by atoms with Crippen molar-refractivity contribution < 1.29 is 31.0 Å². The van der Waals surface area contributed by atoms with E-state index in [1.54, 1.807) is 6.20 Å². The molecule has 0 aliphatic carbocycles. The van der Waals surface area contributed by atoms with E-state index < -0.39 is 0 Å². The minimum Gasteiger partial charge on any atom is -1.00 e. The van der Waals surface area contributed by atoms with Gasteiger partial charge < -0.3 is 1.43 Å². The monoisotopic (exact) mass is 174 g/mol. The number of thiol groups is 1. The van der Waals surface area contributed by atoms with Gasteiger partial charge in [-0.05, 0) is 12.1 Å². The molecule has 2 aromatic rings. The zero-order chi connectivity index (χ0) is 6.97. The van der Waals surface area contributed by atoms with E-state index in [1.807, 2.05) is 18.2 Å². The summed E-state index contributed by atoms with van der Waals surface area (Å²) in [6.07, 6.45) is 1.78. The number of rotatable bonds is 0. The molecule has 0 fully saturated rings. The summed E-state index contributed by atoms with van der Waals surface area (Å²) >= 11 is 4.26. The van der Waals surface area contributed by atoms with E-state index in [9.17, 15) is 0 Å². The average Bonchev–Trinajstić information content (AvgIpc) is 2.36. The standard InChI is InChI=1S/C7H6N2S.Na.H/c10-7-3-1-2-6-5(7)4-8-9-6;;/h1-4,10H,(H,8,9);;/q;+1;-1. The van der Waals surface area contributed by atoms with E-state index in [4.69, 9.17) is 0 Å². The minimum atomic E-state index is 0. The van der Waals surface area contributed by atoms with Crippen molar-refractivity contribution in [2.75, 3.05) is 0 Å². The van der Waals surface area contributed by atoms with Crippen LogP contribution >= 0.6 is 12.6 Å². The van der Waals surface area contributed by atoms with Gasteiger partial charge in [0.05, 0.1) is 11.7 Å². The van der Waals surface area contributed by atoms with Crippen LogP contribution in [0, 0.1) is 0 Å². The Hall–Kier alpha value is 0.0400. The Morgan fingerprint density at radius 2 is 2.27 bits per heavy atom. The molecule has 4 heteroatoms. The fourth-order valence-corrected chi connectivity index (χ4v) is 1.22. The average molecular weight is 174 g/mol. The predicted molar refractivity (Wildman–Crippen MR) is 44.5 cm³/mol. The quantitative estimate of drug-likeness (QED) is 0.388. The molecule has 0 saturated carbocycles. The van der Waals surface area contributed by atoms with Gasteiger partial charge in [0, 0.05) is 10.3 Å². The summed E-state index contributed by atoms with van der Waals surface area (Å²) in [5.74, 6) is 0. The van der Waals surface area contributed by atoms with E-state index in [-0.39, 0.29) is 31.0 Å². The Bertz CT molecular complexity index is 363. The summed E-state index contributed by atoms with van der Waals surface area (Å²) in [6, 6.07) is 5.87. The summed E-state index contributed by atoms with van der Waals surface area (Å²) in [6.45, 7) is 0. The summed E-state index contributed by atoms with van der Waals surface area (Å²) < 4.78 is 0. The number of H-pyrrole nitrogens is 1.